The van der Waals surface area contributed by atoms with Crippen LogP contribution in [0.2, 0.25) is 0 Å². The first kappa shape index (κ1) is 15.3. The molecule has 20 heavy (non-hydrogen) atoms. The van der Waals surface area contributed by atoms with E-state index in [1.807, 2.05) is 34.2 Å². The maximum absolute atomic E-state index is 5.90. The standard InChI is InChI=1S/C16H26N2O2/c1-12(2)20-14-9-13(10-18-11-14)15(17-3)16(19-4)7-5-6-8-16/h9-12,15,17H,5-8H2,1-4H3. The summed E-state index contributed by atoms with van der Waals surface area (Å²) >= 11 is 0. The largest absolute Gasteiger partial charge is 0.489 e. The van der Waals surface area contributed by atoms with E-state index in [0.717, 1.165) is 24.2 Å². The van der Waals surface area contributed by atoms with Gasteiger partial charge < -0.3 is 14.8 Å². The molecule has 1 aromatic rings. The van der Waals surface area contributed by atoms with E-state index in [2.05, 4.69) is 16.4 Å². The molecule has 112 valence electrons. The molecule has 0 aliphatic heterocycles. The number of pyridine rings is 1. The first-order chi connectivity index (χ1) is 9.61. The molecule has 1 saturated carbocycles. The van der Waals surface area contributed by atoms with Crippen molar-refractivity contribution in [2.24, 2.45) is 0 Å². The van der Waals surface area contributed by atoms with Gasteiger partial charge in [-0.25, -0.2) is 0 Å². The van der Waals surface area contributed by atoms with Crippen LogP contribution in [0.3, 0.4) is 0 Å². The molecule has 1 aromatic heterocycles. The van der Waals surface area contributed by atoms with Crippen LogP contribution in [-0.4, -0.2) is 30.8 Å². The highest BCUT2D eigenvalue weighted by atomic mass is 16.5. The molecule has 1 heterocycles. The first-order valence-corrected chi connectivity index (χ1v) is 7.45. The summed E-state index contributed by atoms with van der Waals surface area (Å²) in [5.74, 6) is 0.821. The van der Waals surface area contributed by atoms with E-state index in [9.17, 15) is 0 Å². The quantitative estimate of drug-likeness (QED) is 0.868. The third-order valence-electron chi connectivity index (χ3n) is 4.11. The molecule has 0 aromatic carbocycles. The molecule has 1 fully saturated rings. The highest BCUT2D eigenvalue weighted by Crippen LogP contribution is 2.42. The SMILES string of the molecule is CNC(c1cncc(OC(C)C)c1)C1(OC)CCCC1. The van der Waals surface area contributed by atoms with E-state index in [4.69, 9.17) is 9.47 Å². The van der Waals surface area contributed by atoms with Crippen molar-refractivity contribution in [2.45, 2.75) is 57.3 Å². The Balaban J connectivity index is 2.27. The van der Waals surface area contributed by atoms with E-state index < -0.39 is 0 Å². The van der Waals surface area contributed by atoms with E-state index in [-0.39, 0.29) is 17.7 Å². The van der Waals surface area contributed by atoms with Crippen LogP contribution in [0.4, 0.5) is 0 Å². The molecular weight excluding hydrogens is 252 g/mol. The fraction of sp³-hybridized carbons (Fsp3) is 0.688. The molecule has 1 unspecified atom stereocenters. The Morgan fingerprint density at radius 3 is 2.50 bits per heavy atom. The van der Waals surface area contributed by atoms with E-state index in [1.54, 1.807) is 6.20 Å². The van der Waals surface area contributed by atoms with Gasteiger partial charge in [0, 0.05) is 13.3 Å². The zero-order valence-corrected chi connectivity index (χ0v) is 13.0. The molecule has 0 amide bonds. The van der Waals surface area contributed by atoms with Crippen molar-refractivity contribution < 1.29 is 9.47 Å². The Bertz CT molecular complexity index is 428. The fourth-order valence-electron chi connectivity index (χ4n) is 3.25. The number of likely N-dealkylation sites (N-methyl/N-ethyl adjacent to an activating group) is 1. The lowest BCUT2D eigenvalue weighted by Crippen LogP contribution is -2.42. The van der Waals surface area contributed by atoms with Crippen LogP contribution >= 0.6 is 0 Å². The third-order valence-corrected chi connectivity index (χ3v) is 4.11. The Morgan fingerprint density at radius 1 is 1.25 bits per heavy atom. The average molecular weight is 278 g/mol. The van der Waals surface area contributed by atoms with Gasteiger partial charge in [0.2, 0.25) is 0 Å². The zero-order valence-electron chi connectivity index (χ0n) is 13.0. The molecule has 4 nitrogen and oxygen atoms in total. The third kappa shape index (κ3) is 3.13. The minimum absolute atomic E-state index is 0.118. The van der Waals surface area contributed by atoms with E-state index in [0.29, 0.717) is 0 Å². The van der Waals surface area contributed by atoms with Crippen molar-refractivity contribution in [3.8, 4) is 5.75 Å². The Morgan fingerprint density at radius 2 is 1.95 bits per heavy atom. The van der Waals surface area contributed by atoms with Gasteiger partial charge in [-0.05, 0) is 45.4 Å². The monoisotopic (exact) mass is 278 g/mol. The summed E-state index contributed by atoms with van der Waals surface area (Å²) in [6.45, 7) is 4.05. The number of hydrogen-bond acceptors (Lipinski definition) is 4. The Labute approximate surface area is 121 Å². The van der Waals surface area contributed by atoms with Crippen LogP contribution < -0.4 is 10.1 Å². The van der Waals surface area contributed by atoms with Gasteiger partial charge in [0.1, 0.15) is 5.75 Å². The Hall–Kier alpha value is -1.13. The van der Waals surface area contributed by atoms with Crippen molar-refractivity contribution in [3.63, 3.8) is 0 Å². The van der Waals surface area contributed by atoms with E-state index in [1.165, 1.54) is 12.8 Å². The van der Waals surface area contributed by atoms with Crippen LogP contribution in [0.1, 0.15) is 51.1 Å². The molecular formula is C16H26N2O2. The van der Waals surface area contributed by atoms with Crippen LogP contribution in [0.15, 0.2) is 18.5 Å². The first-order valence-electron chi connectivity index (χ1n) is 7.45. The van der Waals surface area contributed by atoms with Gasteiger partial charge >= 0.3 is 0 Å². The smallest absolute Gasteiger partial charge is 0.138 e. The summed E-state index contributed by atoms with van der Waals surface area (Å²) in [7, 11) is 3.80. The maximum Gasteiger partial charge on any atom is 0.138 e. The number of nitrogens with one attached hydrogen (secondary N) is 1. The number of hydrogen-bond donors (Lipinski definition) is 1. The predicted octanol–water partition coefficient (Wildman–Crippen LogP) is 3.09. The van der Waals surface area contributed by atoms with Crippen LogP contribution in [-0.2, 0) is 4.74 Å². The normalized spacial score (nSPS) is 19.2. The second-order valence-electron chi connectivity index (χ2n) is 5.82. The van der Waals surface area contributed by atoms with Crippen LogP contribution in [0.5, 0.6) is 5.75 Å². The lowest BCUT2D eigenvalue weighted by molar-refractivity contribution is -0.0350. The molecule has 2 rings (SSSR count). The van der Waals surface area contributed by atoms with Gasteiger partial charge in [-0.1, -0.05) is 12.8 Å². The van der Waals surface area contributed by atoms with Crippen molar-refractivity contribution in [1.29, 1.82) is 0 Å². The summed E-state index contributed by atoms with van der Waals surface area (Å²) < 4.78 is 11.6. The summed E-state index contributed by atoms with van der Waals surface area (Å²) in [5.41, 5.74) is 1.02. The molecule has 4 heteroatoms. The van der Waals surface area contributed by atoms with Crippen molar-refractivity contribution in [2.75, 3.05) is 14.2 Å². The summed E-state index contributed by atoms with van der Waals surface area (Å²) in [4.78, 5) is 4.32. The number of nitrogens with zero attached hydrogens (tertiary/aromatic N) is 1. The van der Waals surface area contributed by atoms with Gasteiger partial charge in [0.15, 0.2) is 0 Å². The number of aromatic nitrogens is 1. The van der Waals surface area contributed by atoms with Crippen LogP contribution in [0, 0.1) is 0 Å². The fourth-order valence-corrected chi connectivity index (χ4v) is 3.25. The molecule has 1 atom stereocenters. The topological polar surface area (TPSA) is 43.4 Å². The summed E-state index contributed by atoms with van der Waals surface area (Å²) in [6.07, 6.45) is 8.46. The molecule has 0 spiro atoms. The lowest BCUT2D eigenvalue weighted by atomic mass is 9.87. The summed E-state index contributed by atoms with van der Waals surface area (Å²) in [6, 6.07) is 2.23. The minimum Gasteiger partial charge on any atom is -0.489 e. The van der Waals surface area contributed by atoms with Gasteiger partial charge in [0.05, 0.1) is 23.9 Å². The summed E-state index contributed by atoms with van der Waals surface area (Å²) in [5, 5.41) is 3.41. The second-order valence-corrected chi connectivity index (χ2v) is 5.82. The van der Waals surface area contributed by atoms with Gasteiger partial charge in [-0.2, -0.15) is 0 Å². The Kier molecular flexibility index (Phi) is 5.00. The molecule has 0 bridgehead atoms. The minimum atomic E-state index is -0.118. The number of methoxy groups -OCH3 is 1. The molecule has 1 aliphatic rings. The van der Waals surface area contributed by atoms with Gasteiger partial charge in [-0.3, -0.25) is 4.98 Å². The number of rotatable bonds is 6. The maximum atomic E-state index is 5.90. The average Bonchev–Trinajstić information content (AvgIpc) is 2.89. The second kappa shape index (κ2) is 6.55. The molecule has 1 N–H and O–H groups in total. The number of ether oxygens (including phenoxy) is 2. The van der Waals surface area contributed by atoms with Crippen molar-refractivity contribution in [1.82, 2.24) is 10.3 Å². The van der Waals surface area contributed by atoms with Crippen molar-refractivity contribution in [3.05, 3.63) is 24.0 Å². The van der Waals surface area contributed by atoms with Crippen molar-refractivity contribution >= 4 is 0 Å². The van der Waals surface area contributed by atoms with Gasteiger partial charge in [0.25, 0.3) is 0 Å². The zero-order chi connectivity index (χ0) is 14.6. The molecule has 0 saturated heterocycles. The molecule has 0 radical (unpaired) electrons. The molecule has 1 aliphatic carbocycles. The highest BCUT2D eigenvalue weighted by molar-refractivity contribution is 5.28. The van der Waals surface area contributed by atoms with Gasteiger partial charge in [-0.15, -0.1) is 0 Å². The highest BCUT2D eigenvalue weighted by Gasteiger charge is 2.41. The predicted molar refractivity (Wildman–Crippen MR) is 80.0 cm³/mol. The lowest BCUT2D eigenvalue weighted by Gasteiger charge is -2.36. The van der Waals surface area contributed by atoms with E-state index >= 15 is 0 Å². The van der Waals surface area contributed by atoms with Crippen LogP contribution in [0.25, 0.3) is 0 Å².